The number of benzene rings is 2. The van der Waals surface area contributed by atoms with Crippen LogP contribution in [0.25, 0.3) is 11.0 Å². The van der Waals surface area contributed by atoms with Crippen LogP contribution < -0.4 is 10.4 Å². The van der Waals surface area contributed by atoms with Crippen LogP contribution in [-0.2, 0) is 6.61 Å². The molecule has 0 unspecified atom stereocenters. The van der Waals surface area contributed by atoms with Crippen LogP contribution in [0.2, 0.25) is 10.0 Å². The monoisotopic (exact) mass is 334 g/mol. The summed E-state index contributed by atoms with van der Waals surface area (Å²) in [6.45, 7) is 2.16. The fourth-order valence-electron chi connectivity index (χ4n) is 2.22. The van der Waals surface area contributed by atoms with Gasteiger partial charge >= 0.3 is 5.63 Å². The van der Waals surface area contributed by atoms with Crippen molar-refractivity contribution in [1.82, 2.24) is 0 Å². The molecular formula is C17H12Cl2O3. The van der Waals surface area contributed by atoms with Crippen LogP contribution in [0.5, 0.6) is 5.75 Å². The van der Waals surface area contributed by atoms with Gasteiger partial charge in [-0.25, -0.2) is 4.79 Å². The Morgan fingerprint density at radius 1 is 1.14 bits per heavy atom. The molecule has 3 nitrogen and oxygen atoms in total. The second-order valence-electron chi connectivity index (χ2n) is 4.95. The molecule has 0 radical (unpaired) electrons. The van der Waals surface area contributed by atoms with Crippen molar-refractivity contribution in [3.63, 3.8) is 0 Å². The van der Waals surface area contributed by atoms with Crippen LogP contribution in [0.1, 0.15) is 11.1 Å². The molecule has 112 valence electrons. The molecule has 1 aromatic heterocycles. The highest BCUT2D eigenvalue weighted by atomic mass is 35.5. The number of halogens is 2. The number of hydrogen-bond acceptors (Lipinski definition) is 3. The highest BCUT2D eigenvalue weighted by molar-refractivity contribution is 6.32. The average Bonchev–Trinajstić information content (AvgIpc) is 2.46. The number of hydrogen-bond donors (Lipinski definition) is 0. The highest BCUT2D eigenvalue weighted by Crippen LogP contribution is 2.31. The molecule has 1 heterocycles. The third kappa shape index (κ3) is 3.11. The summed E-state index contributed by atoms with van der Waals surface area (Å²) in [5, 5.41) is 1.90. The Bertz CT molecular complexity index is 900. The summed E-state index contributed by atoms with van der Waals surface area (Å²) in [6.07, 6.45) is 0. The predicted molar refractivity (Wildman–Crippen MR) is 88.0 cm³/mol. The summed E-state index contributed by atoms with van der Waals surface area (Å²) in [5.41, 5.74) is 1.80. The minimum Gasteiger partial charge on any atom is -0.487 e. The summed E-state index contributed by atoms with van der Waals surface area (Å²) in [6, 6.07) is 12.2. The summed E-state index contributed by atoms with van der Waals surface area (Å²) in [7, 11) is 0. The van der Waals surface area contributed by atoms with Gasteiger partial charge in [0.15, 0.2) is 0 Å². The number of ether oxygens (including phenoxy) is 1. The van der Waals surface area contributed by atoms with E-state index in [1.54, 1.807) is 18.2 Å². The zero-order valence-electron chi connectivity index (χ0n) is 11.7. The smallest absolute Gasteiger partial charge is 0.336 e. The Balaban J connectivity index is 1.94. The quantitative estimate of drug-likeness (QED) is 0.633. The van der Waals surface area contributed by atoms with Crippen molar-refractivity contribution in [3.05, 3.63) is 74.1 Å². The predicted octanol–water partition coefficient (Wildman–Crippen LogP) is 4.99. The van der Waals surface area contributed by atoms with Crippen LogP contribution in [0.4, 0.5) is 0 Å². The second-order valence-corrected chi connectivity index (χ2v) is 5.79. The van der Waals surface area contributed by atoms with E-state index in [-0.39, 0.29) is 0 Å². The first kappa shape index (κ1) is 14.9. The van der Waals surface area contributed by atoms with Gasteiger partial charge in [-0.3, -0.25) is 0 Å². The summed E-state index contributed by atoms with van der Waals surface area (Å²) < 4.78 is 10.9. The SMILES string of the molecule is Cc1cc(=O)oc2cc(OCc3cccc(Cl)c3)c(Cl)cc12. The molecular weight excluding hydrogens is 323 g/mol. The average molecular weight is 335 g/mol. The maximum absolute atomic E-state index is 11.5. The van der Waals surface area contributed by atoms with Gasteiger partial charge in [-0.05, 0) is 36.2 Å². The van der Waals surface area contributed by atoms with Gasteiger partial charge in [0.05, 0.1) is 5.02 Å². The van der Waals surface area contributed by atoms with E-state index >= 15 is 0 Å². The van der Waals surface area contributed by atoms with Crippen molar-refractivity contribution < 1.29 is 9.15 Å². The van der Waals surface area contributed by atoms with Crippen LogP contribution in [0.15, 0.2) is 51.7 Å². The molecule has 3 rings (SSSR count). The lowest BCUT2D eigenvalue weighted by Gasteiger charge is -2.10. The van der Waals surface area contributed by atoms with Crippen LogP contribution in [0.3, 0.4) is 0 Å². The molecule has 0 spiro atoms. The van der Waals surface area contributed by atoms with Gasteiger partial charge in [-0.2, -0.15) is 0 Å². The van der Waals surface area contributed by atoms with Gasteiger partial charge in [0.2, 0.25) is 0 Å². The standard InChI is InChI=1S/C17H12Cl2O3/c1-10-5-17(20)22-15-8-16(14(19)7-13(10)15)21-9-11-3-2-4-12(18)6-11/h2-8H,9H2,1H3. The molecule has 0 aliphatic rings. The van der Waals surface area contributed by atoms with Crippen molar-refractivity contribution in [1.29, 1.82) is 0 Å². The summed E-state index contributed by atoms with van der Waals surface area (Å²) in [5.74, 6) is 0.461. The highest BCUT2D eigenvalue weighted by Gasteiger charge is 2.09. The molecule has 0 atom stereocenters. The van der Waals surface area contributed by atoms with Crippen molar-refractivity contribution in [2.24, 2.45) is 0 Å². The fraction of sp³-hybridized carbons (Fsp3) is 0.118. The number of fused-ring (bicyclic) bond motifs is 1. The Hall–Kier alpha value is -1.97. The maximum atomic E-state index is 11.5. The first-order valence-electron chi connectivity index (χ1n) is 6.64. The maximum Gasteiger partial charge on any atom is 0.336 e. The van der Waals surface area contributed by atoms with E-state index in [1.807, 2.05) is 25.1 Å². The Morgan fingerprint density at radius 3 is 2.73 bits per heavy atom. The van der Waals surface area contributed by atoms with E-state index in [4.69, 9.17) is 32.4 Å². The van der Waals surface area contributed by atoms with Gasteiger partial charge in [-0.15, -0.1) is 0 Å². The minimum atomic E-state index is -0.395. The van der Waals surface area contributed by atoms with Crippen LogP contribution in [-0.4, -0.2) is 0 Å². The van der Waals surface area contributed by atoms with E-state index in [0.717, 1.165) is 16.5 Å². The Morgan fingerprint density at radius 2 is 1.95 bits per heavy atom. The van der Waals surface area contributed by atoms with Crippen molar-refractivity contribution >= 4 is 34.2 Å². The van der Waals surface area contributed by atoms with Gasteiger partial charge in [-0.1, -0.05) is 35.3 Å². The molecule has 0 saturated heterocycles. The summed E-state index contributed by atoms with van der Waals surface area (Å²) >= 11 is 12.2. The zero-order valence-corrected chi connectivity index (χ0v) is 13.2. The fourth-order valence-corrected chi connectivity index (χ4v) is 2.65. The molecule has 0 fully saturated rings. The minimum absolute atomic E-state index is 0.321. The largest absolute Gasteiger partial charge is 0.487 e. The zero-order chi connectivity index (χ0) is 15.7. The molecule has 0 saturated carbocycles. The van der Waals surface area contributed by atoms with Gasteiger partial charge in [0, 0.05) is 22.5 Å². The molecule has 0 bridgehead atoms. The summed E-state index contributed by atoms with van der Waals surface area (Å²) in [4.78, 5) is 11.5. The molecule has 22 heavy (non-hydrogen) atoms. The lowest BCUT2D eigenvalue weighted by atomic mass is 10.1. The molecule has 0 N–H and O–H groups in total. The van der Waals surface area contributed by atoms with Crippen LogP contribution in [0, 0.1) is 6.92 Å². The first-order chi connectivity index (χ1) is 10.5. The van der Waals surface area contributed by atoms with E-state index < -0.39 is 5.63 Å². The lowest BCUT2D eigenvalue weighted by Crippen LogP contribution is -1.99. The van der Waals surface area contributed by atoms with E-state index in [9.17, 15) is 4.79 Å². The van der Waals surface area contributed by atoms with Crippen LogP contribution >= 0.6 is 23.2 Å². The molecule has 0 aliphatic carbocycles. The topological polar surface area (TPSA) is 39.4 Å². The van der Waals surface area contributed by atoms with E-state index in [2.05, 4.69) is 0 Å². The molecule has 0 aliphatic heterocycles. The van der Waals surface area contributed by atoms with Gasteiger partial charge < -0.3 is 9.15 Å². The number of rotatable bonds is 3. The second kappa shape index (κ2) is 6.03. The first-order valence-corrected chi connectivity index (χ1v) is 7.40. The Kier molecular flexibility index (Phi) is 4.10. The third-order valence-electron chi connectivity index (χ3n) is 3.29. The van der Waals surface area contributed by atoms with Gasteiger partial charge in [0.1, 0.15) is 17.9 Å². The number of aryl methyl sites for hydroxylation is 1. The van der Waals surface area contributed by atoms with Crippen molar-refractivity contribution in [3.8, 4) is 5.75 Å². The Labute approximate surface area is 137 Å². The molecule has 5 heteroatoms. The van der Waals surface area contributed by atoms with Gasteiger partial charge in [0.25, 0.3) is 0 Å². The molecule has 3 aromatic rings. The molecule has 2 aromatic carbocycles. The lowest BCUT2D eigenvalue weighted by molar-refractivity contribution is 0.306. The van der Waals surface area contributed by atoms with E-state index in [0.29, 0.717) is 28.0 Å². The third-order valence-corrected chi connectivity index (χ3v) is 3.82. The molecule has 0 amide bonds. The van der Waals surface area contributed by atoms with Crippen molar-refractivity contribution in [2.45, 2.75) is 13.5 Å². The van der Waals surface area contributed by atoms with Crippen molar-refractivity contribution in [2.75, 3.05) is 0 Å². The van der Waals surface area contributed by atoms with E-state index in [1.165, 1.54) is 6.07 Å². The normalized spacial score (nSPS) is 10.9.